The van der Waals surface area contributed by atoms with E-state index in [1.54, 1.807) is 23.2 Å². The lowest BCUT2D eigenvalue weighted by atomic mass is 10.0. The highest BCUT2D eigenvalue weighted by Gasteiger charge is 2.45. The van der Waals surface area contributed by atoms with Gasteiger partial charge in [-0.05, 0) is 43.9 Å². The van der Waals surface area contributed by atoms with Gasteiger partial charge in [0.25, 0.3) is 5.56 Å². The maximum absolute atomic E-state index is 12.7. The van der Waals surface area contributed by atoms with Gasteiger partial charge >= 0.3 is 0 Å². The molecule has 0 bridgehead atoms. The zero-order valence-electron chi connectivity index (χ0n) is 12.5. The first-order chi connectivity index (χ1) is 10.7. The Hall–Kier alpha value is -2.49. The molecule has 0 aliphatic heterocycles. The molecule has 2 aromatic heterocycles. The molecule has 4 rings (SSSR count). The summed E-state index contributed by atoms with van der Waals surface area (Å²) in [7, 11) is 0. The van der Waals surface area contributed by atoms with E-state index >= 15 is 0 Å². The highest BCUT2D eigenvalue weighted by Crippen LogP contribution is 2.45. The van der Waals surface area contributed by atoms with Crippen molar-refractivity contribution >= 4 is 11.0 Å². The van der Waals surface area contributed by atoms with E-state index in [9.17, 15) is 4.79 Å². The van der Waals surface area contributed by atoms with Crippen LogP contribution in [0.4, 0.5) is 0 Å². The molecule has 0 spiro atoms. The van der Waals surface area contributed by atoms with Crippen molar-refractivity contribution in [1.82, 2.24) is 14.5 Å². The maximum atomic E-state index is 12.7. The van der Waals surface area contributed by atoms with Crippen LogP contribution in [0.2, 0.25) is 0 Å². The number of nitrogens with zero attached hydrogens (tertiary/aromatic N) is 3. The summed E-state index contributed by atoms with van der Waals surface area (Å²) in [6.07, 6.45) is 6.24. The molecule has 1 saturated carbocycles. The molecule has 22 heavy (non-hydrogen) atoms. The van der Waals surface area contributed by atoms with Crippen LogP contribution in [0.5, 0.6) is 0 Å². The molecule has 0 unspecified atom stereocenters. The van der Waals surface area contributed by atoms with Gasteiger partial charge in [-0.15, -0.1) is 0 Å². The van der Waals surface area contributed by atoms with Crippen molar-refractivity contribution in [3.63, 3.8) is 0 Å². The SMILES string of the molecule is Cc1cccc(CC2(n3cnc4cccnc4c3=O)CC2)c1. The molecule has 3 aromatic rings. The fourth-order valence-electron chi connectivity index (χ4n) is 3.14. The maximum Gasteiger partial charge on any atom is 0.280 e. The van der Waals surface area contributed by atoms with E-state index in [1.165, 1.54) is 11.1 Å². The molecule has 4 nitrogen and oxygen atoms in total. The largest absolute Gasteiger partial charge is 0.291 e. The van der Waals surface area contributed by atoms with Crippen LogP contribution in [0, 0.1) is 6.92 Å². The number of benzene rings is 1. The van der Waals surface area contributed by atoms with Crippen LogP contribution < -0.4 is 5.56 Å². The highest BCUT2D eigenvalue weighted by atomic mass is 16.1. The number of rotatable bonds is 3. The smallest absolute Gasteiger partial charge is 0.280 e. The average Bonchev–Trinajstić information content (AvgIpc) is 3.28. The van der Waals surface area contributed by atoms with Crippen molar-refractivity contribution in [2.24, 2.45) is 0 Å². The molecule has 1 fully saturated rings. The van der Waals surface area contributed by atoms with Crippen LogP contribution in [0.3, 0.4) is 0 Å². The fraction of sp³-hybridized carbons (Fsp3) is 0.278. The summed E-state index contributed by atoms with van der Waals surface area (Å²) in [4.78, 5) is 21.3. The minimum atomic E-state index is -0.121. The molecular formula is C18H17N3O. The second kappa shape index (κ2) is 4.77. The Morgan fingerprint density at radius 3 is 2.82 bits per heavy atom. The fourth-order valence-corrected chi connectivity index (χ4v) is 3.14. The Morgan fingerprint density at radius 1 is 1.18 bits per heavy atom. The van der Waals surface area contributed by atoms with Crippen LogP contribution >= 0.6 is 0 Å². The predicted octanol–water partition coefficient (Wildman–Crippen LogP) is 2.83. The van der Waals surface area contributed by atoms with E-state index in [0.717, 1.165) is 19.3 Å². The molecule has 4 heteroatoms. The van der Waals surface area contributed by atoms with Gasteiger partial charge in [0.2, 0.25) is 0 Å². The van der Waals surface area contributed by atoms with E-state index in [4.69, 9.17) is 0 Å². The quantitative estimate of drug-likeness (QED) is 0.745. The second-order valence-electron chi connectivity index (χ2n) is 6.18. The third-order valence-electron chi connectivity index (χ3n) is 4.47. The number of hydrogen-bond acceptors (Lipinski definition) is 3. The second-order valence-corrected chi connectivity index (χ2v) is 6.18. The summed E-state index contributed by atoms with van der Waals surface area (Å²) in [5.41, 5.74) is 3.49. The molecular weight excluding hydrogens is 274 g/mol. The zero-order valence-corrected chi connectivity index (χ0v) is 12.5. The monoisotopic (exact) mass is 291 g/mol. The van der Waals surface area contributed by atoms with Gasteiger partial charge in [-0.1, -0.05) is 29.8 Å². The van der Waals surface area contributed by atoms with Gasteiger partial charge < -0.3 is 0 Å². The summed E-state index contributed by atoms with van der Waals surface area (Å²) in [6, 6.07) is 12.1. The molecule has 0 saturated heterocycles. The number of hydrogen-bond donors (Lipinski definition) is 0. The van der Waals surface area contributed by atoms with Gasteiger partial charge in [0.1, 0.15) is 0 Å². The topological polar surface area (TPSA) is 47.8 Å². The normalized spacial score (nSPS) is 15.9. The number of pyridine rings is 1. The molecule has 0 N–H and O–H groups in total. The summed E-state index contributed by atoms with van der Waals surface area (Å²) < 4.78 is 1.80. The third-order valence-corrected chi connectivity index (χ3v) is 4.47. The molecule has 0 radical (unpaired) electrons. The zero-order chi connectivity index (χ0) is 15.2. The molecule has 0 amide bonds. The number of fused-ring (bicyclic) bond motifs is 1. The van der Waals surface area contributed by atoms with Crippen LogP contribution in [0.25, 0.3) is 11.0 Å². The Morgan fingerprint density at radius 2 is 2.05 bits per heavy atom. The first-order valence-corrected chi connectivity index (χ1v) is 7.56. The molecule has 1 aromatic carbocycles. The van der Waals surface area contributed by atoms with Crippen LogP contribution in [-0.4, -0.2) is 14.5 Å². The molecule has 0 atom stereocenters. The van der Waals surface area contributed by atoms with Crippen LogP contribution in [-0.2, 0) is 12.0 Å². The molecule has 2 heterocycles. The highest BCUT2D eigenvalue weighted by molar-refractivity contribution is 5.72. The lowest BCUT2D eigenvalue weighted by Crippen LogP contribution is -2.32. The minimum absolute atomic E-state index is 0.0317. The Bertz CT molecular complexity index is 909. The van der Waals surface area contributed by atoms with Gasteiger partial charge in [-0.2, -0.15) is 0 Å². The van der Waals surface area contributed by atoms with E-state index in [1.807, 2.05) is 6.07 Å². The summed E-state index contributed by atoms with van der Waals surface area (Å²) in [5.74, 6) is 0. The number of aromatic nitrogens is 3. The minimum Gasteiger partial charge on any atom is -0.291 e. The third kappa shape index (κ3) is 2.11. The van der Waals surface area contributed by atoms with Crippen molar-refractivity contribution in [3.8, 4) is 0 Å². The van der Waals surface area contributed by atoms with Crippen LogP contribution in [0.15, 0.2) is 53.7 Å². The first-order valence-electron chi connectivity index (χ1n) is 7.56. The Kier molecular flexibility index (Phi) is 2.86. The van der Waals surface area contributed by atoms with Gasteiger partial charge in [0.15, 0.2) is 5.52 Å². The van der Waals surface area contributed by atoms with Crippen molar-refractivity contribution < 1.29 is 0 Å². The first kappa shape index (κ1) is 13.2. The molecule has 1 aliphatic carbocycles. The lowest BCUT2D eigenvalue weighted by Gasteiger charge is -2.19. The molecule has 1 aliphatic rings. The van der Waals surface area contributed by atoms with Crippen molar-refractivity contribution in [2.45, 2.75) is 31.7 Å². The van der Waals surface area contributed by atoms with Crippen molar-refractivity contribution in [3.05, 3.63) is 70.4 Å². The Labute approximate surface area is 128 Å². The van der Waals surface area contributed by atoms with E-state index < -0.39 is 0 Å². The van der Waals surface area contributed by atoms with Gasteiger partial charge in [0, 0.05) is 6.20 Å². The van der Waals surface area contributed by atoms with Crippen LogP contribution in [0.1, 0.15) is 24.0 Å². The van der Waals surface area contributed by atoms with E-state index in [2.05, 4.69) is 41.2 Å². The summed E-state index contributed by atoms with van der Waals surface area (Å²) >= 11 is 0. The average molecular weight is 291 g/mol. The number of aryl methyl sites for hydroxylation is 1. The van der Waals surface area contributed by atoms with Gasteiger partial charge in [0.05, 0.1) is 17.4 Å². The van der Waals surface area contributed by atoms with Gasteiger partial charge in [-0.3, -0.25) is 9.36 Å². The summed E-state index contributed by atoms with van der Waals surface area (Å²) in [5, 5.41) is 0. The van der Waals surface area contributed by atoms with Crippen molar-refractivity contribution in [2.75, 3.05) is 0 Å². The van der Waals surface area contributed by atoms with Crippen molar-refractivity contribution in [1.29, 1.82) is 0 Å². The van der Waals surface area contributed by atoms with Gasteiger partial charge in [-0.25, -0.2) is 9.97 Å². The van der Waals surface area contributed by atoms with E-state index in [-0.39, 0.29) is 11.1 Å². The molecule has 110 valence electrons. The Balaban J connectivity index is 1.78. The summed E-state index contributed by atoms with van der Waals surface area (Å²) in [6.45, 7) is 2.09. The van der Waals surface area contributed by atoms with E-state index in [0.29, 0.717) is 11.0 Å². The predicted molar refractivity (Wildman–Crippen MR) is 85.9 cm³/mol. The lowest BCUT2D eigenvalue weighted by molar-refractivity contribution is 0.459. The standard InChI is InChI=1S/C18H17N3O/c1-13-4-2-5-14(10-13)11-18(7-8-18)21-12-20-15-6-3-9-19-16(15)17(21)22/h2-6,9-10,12H,7-8,11H2,1H3.